The van der Waals surface area contributed by atoms with Crippen molar-refractivity contribution in [3.63, 3.8) is 0 Å². The summed E-state index contributed by atoms with van der Waals surface area (Å²) in [6.45, 7) is 5.18. The molecule has 0 saturated carbocycles. The lowest BCUT2D eigenvalue weighted by Crippen LogP contribution is -2.45. The fourth-order valence-corrected chi connectivity index (χ4v) is 3.03. The van der Waals surface area contributed by atoms with Gasteiger partial charge in [0.15, 0.2) is 5.92 Å². The fraction of sp³-hybridized carbons (Fsp3) is 0.550. The number of ether oxygens (including phenoxy) is 2. The molecular formula is C20H29NO6. The van der Waals surface area contributed by atoms with E-state index in [9.17, 15) is 19.5 Å². The molecule has 7 heteroatoms. The van der Waals surface area contributed by atoms with E-state index in [1.807, 2.05) is 6.92 Å². The Kier molecular flexibility index (Phi) is 8.43. The number of rotatable bonds is 9. The number of benzene rings is 1. The van der Waals surface area contributed by atoms with Crippen molar-refractivity contribution in [2.45, 2.75) is 45.3 Å². The summed E-state index contributed by atoms with van der Waals surface area (Å²) in [6, 6.07) is 8.09. The van der Waals surface area contributed by atoms with Crippen molar-refractivity contribution >= 4 is 17.8 Å². The molecule has 0 aliphatic rings. The number of nitrogens with one attached hydrogen (secondary N) is 1. The van der Waals surface area contributed by atoms with E-state index in [-0.39, 0.29) is 18.2 Å². The number of aliphatic hydroxyl groups is 1. The van der Waals surface area contributed by atoms with Crippen LogP contribution in [0.25, 0.3) is 0 Å². The molecule has 0 spiro atoms. The van der Waals surface area contributed by atoms with Crippen LogP contribution >= 0.6 is 0 Å². The highest BCUT2D eigenvalue weighted by Gasteiger charge is 2.35. The van der Waals surface area contributed by atoms with Crippen LogP contribution in [0.3, 0.4) is 0 Å². The summed E-state index contributed by atoms with van der Waals surface area (Å²) in [5.74, 6) is -3.15. The quantitative estimate of drug-likeness (QED) is 0.502. The number of methoxy groups -OCH3 is 2. The Bertz CT molecular complexity index is 622. The number of amides is 1. The van der Waals surface area contributed by atoms with E-state index < -0.39 is 29.5 Å². The molecule has 1 rings (SSSR count). The van der Waals surface area contributed by atoms with E-state index in [0.717, 1.165) is 0 Å². The maximum absolute atomic E-state index is 12.6. The van der Waals surface area contributed by atoms with Gasteiger partial charge in [0, 0.05) is 11.6 Å². The molecule has 0 aliphatic heterocycles. The van der Waals surface area contributed by atoms with Crippen molar-refractivity contribution < 1.29 is 29.0 Å². The molecule has 0 aliphatic carbocycles. The molecule has 1 aromatic carbocycles. The van der Waals surface area contributed by atoms with Crippen LogP contribution in [0.4, 0.5) is 0 Å². The topological polar surface area (TPSA) is 102 Å². The molecule has 0 fully saturated rings. The zero-order valence-corrected chi connectivity index (χ0v) is 16.5. The maximum Gasteiger partial charge on any atom is 0.320 e. The summed E-state index contributed by atoms with van der Waals surface area (Å²) in [7, 11) is 2.38. The fourth-order valence-electron chi connectivity index (χ4n) is 3.03. The van der Waals surface area contributed by atoms with Gasteiger partial charge in [0.2, 0.25) is 0 Å². The van der Waals surface area contributed by atoms with Crippen molar-refractivity contribution in [1.29, 1.82) is 0 Å². The summed E-state index contributed by atoms with van der Waals surface area (Å²) in [6.07, 6.45) is 0.372. The van der Waals surface area contributed by atoms with E-state index in [2.05, 4.69) is 5.32 Å². The predicted octanol–water partition coefficient (Wildman–Crippen LogP) is 1.93. The maximum atomic E-state index is 12.6. The molecule has 150 valence electrons. The molecule has 2 atom stereocenters. The third-order valence-electron chi connectivity index (χ3n) is 4.32. The summed E-state index contributed by atoms with van der Waals surface area (Å²) in [5.41, 5.74) is -0.508. The molecule has 0 unspecified atom stereocenters. The van der Waals surface area contributed by atoms with E-state index in [4.69, 9.17) is 9.47 Å². The van der Waals surface area contributed by atoms with Gasteiger partial charge in [-0.2, -0.15) is 0 Å². The lowest BCUT2D eigenvalue weighted by molar-refractivity contribution is -0.159. The van der Waals surface area contributed by atoms with E-state index in [1.54, 1.807) is 44.2 Å². The molecule has 0 heterocycles. The van der Waals surface area contributed by atoms with Crippen LogP contribution in [0.5, 0.6) is 0 Å². The number of carbonyl (C=O) groups excluding carboxylic acids is 3. The number of esters is 2. The normalized spacial score (nSPS) is 13.6. The van der Waals surface area contributed by atoms with Crippen LogP contribution in [-0.2, 0) is 19.1 Å². The number of hydrogen-bond donors (Lipinski definition) is 2. The molecule has 2 N–H and O–H groups in total. The largest absolute Gasteiger partial charge is 0.468 e. The van der Waals surface area contributed by atoms with Crippen molar-refractivity contribution in [3.8, 4) is 0 Å². The lowest BCUT2D eigenvalue weighted by Gasteiger charge is -2.31. The Morgan fingerprint density at radius 3 is 2.04 bits per heavy atom. The highest BCUT2D eigenvalue weighted by atomic mass is 16.5. The first-order valence-corrected chi connectivity index (χ1v) is 8.83. The van der Waals surface area contributed by atoms with Gasteiger partial charge >= 0.3 is 11.9 Å². The van der Waals surface area contributed by atoms with Crippen LogP contribution < -0.4 is 5.32 Å². The minimum Gasteiger partial charge on any atom is -0.468 e. The second-order valence-corrected chi connectivity index (χ2v) is 7.27. The van der Waals surface area contributed by atoms with Gasteiger partial charge in [0.05, 0.1) is 19.8 Å². The highest BCUT2D eigenvalue weighted by Crippen LogP contribution is 2.24. The van der Waals surface area contributed by atoms with Gasteiger partial charge in [0.25, 0.3) is 5.91 Å². The van der Waals surface area contributed by atoms with Crippen molar-refractivity contribution in [1.82, 2.24) is 5.32 Å². The average molecular weight is 379 g/mol. The van der Waals surface area contributed by atoms with Gasteiger partial charge in [0.1, 0.15) is 0 Å². The predicted molar refractivity (Wildman–Crippen MR) is 99.9 cm³/mol. The Balaban J connectivity index is 3.06. The van der Waals surface area contributed by atoms with Gasteiger partial charge in [-0.15, -0.1) is 0 Å². The Morgan fingerprint density at radius 2 is 1.59 bits per heavy atom. The summed E-state index contributed by atoms with van der Waals surface area (Å²) in [4.78, 5) is 36.6. The highest BCUT2D eigenvalue weighted by molar-refractivity contribution is 5.96. The molecule has 0 saturated heterocycles. The second kappa shape index (κ2) is 10.1. The van der Waals surface area contributed by atoms with Gasteiger partial charge in [-0.3, -0.25) is 14.4 Å². The molecule has 0 bridgehead atoms. The van der Waals surface area contributed by atoms with E-state index in [0.29, 0.717) is 12.0 Å². The van der Waals surface area contributed by atoms with Gasteiger partial charge in [-0.05, 0) is 44.7 Å². The Morgan fingerprint density at radius 1 is 1.07 bits per heavy atom. The van der Waals surface area contributed by atoms with Gasteiger partial charge in [-0.25, -0.2) is 0 Å². The summed E-state index contributed by atoms with van der Waals surface area (Å²) < 4.78 is 9.41. The van der Waals surface area contributed by atoms with Crippen molar-refractivity contribution in [2.24, 2.45) is 11.8 Å². The smallest absolute Gasteiger partial charge is 0.320 e. The van der Waals surface area contributed by atoms with Crippen LogP contribution in [0, 0.1) is 11.8 Å². The number of hydrogen-bond acceptors (Lipinski definition) is 6. The second-order valence-electron chi connectivity index (χ2n) is 7.27. The Hall–Kier alpha value is -2.41. The average Bonchev–Trinajstić information content (AvgIpc) is 2.62. The third kappa shape index (κ3) is 7.38. The standard InChI is InChI=1S/C20H29NO6/c1-13(12-20(2,3)25)16(11-15(18(23)26-4)19(24)27-5)21-17(22)14-9-7-6-8-10-14/h6-10,13,15-16,25H,11-12H2,1-5H3,(H,21,22)/t13-,16+/m1/s1. The van der Waals surface area contributed by atoms with Crippen LogP contribution in [-0.4, -0.2) is 48.8 Å². The molecule has 7 nitrogen and oxygen atoms in total. The minimum atomic E-state index is -1.16. The SMILES string of the molecule is COC(=O)C(C[C@H](NC(=O)c1ccccc1)[C@H](C)CC(C)(C)O)C(=O)OC. The van der Waals surface area contributed by atoms with Gasteiger partial charge in [-0.1, -0.05) is 25.1 Å². The van der Waals surface area contributed by atoms with Gasteiger partial charge < -0.3 is 19.9 Å². The molecule has 1 aromatic rings. The van der Waals surface area contributed by atoms with E-state index >= 15 is 0 Å². The first-order valence-electron chi connectivity index (χ1n) is 8.83. The van der Waals surface area contributed by atoms with Crippen molar-refractivity contribution in [3.05, 3.63) is 35.9 Å². The van der Waals surface area contributed by atoms with Crippen LogP contribution in [0.1, 0.15) is 44.0 Å². The summed E-state index contributed by atoms with van der Waals surface area (Å²) in [5, 5.41) is 13.0. The Labute approximate surface area is 160 Å². The first-order chi connectivity index (χ1) is 12.6. The number of carbonyl (C=O) groups is 3. The molecule has 27 heavy (non-hydrogen) atoms. The zero-order chi connectivity index (χ0) is 20.6. The molecular weight excluding hydrogens is 350 g/mol. The first kappa shape index (κ1) is 22.6. The van der Waals surface area contributed by atoms with Crippen LogP contribution in [0.15, 0.2) is 30.3 Å². The van der Waals surface area contributed by atoms with E-state index in [1.165, 1.54) is 14.2 Å². The molecule has 0 radical (unpaired) electrons. The third-order valence-corrected chi connectivity index (χ3v) is 4.32. The summed E-state index contributed by atoms with van der Waals surface area (Å²) >= 11 is 0. The van der Waals surface area contributed by atoms with Crippen LogP contribution in [0.2, 0.25) is 0 Å². The minimum absolute atomic E-state index is 0.00909. The molecule has 1 amide bonds. The monoisotopic (exact) mass is 379 g/mol. The molecule has 0 aromatic heterocycles. The zero-order valence-electron chi connectivity index (χ0n) is 16.5. The lowest BCUT2D eigenvalue weighted by atomic mass is 9.84. The van der Waals surface area contributed by atoms with Crippen molar-refractivity contribution in [2.75, 3.05) is 14.2 Å².